The zero-order chi connectivity index (χ0) is 25.7. The zero-order valence-corrected chi connectivity index (χ0v) is 21.4. The Bertz CT molecular complexity index is 1090. The molecule has 0 aromatic heterocycles. The summed E-state index contributed by atoms with van der Waals surface area (Å²) < 4.78 is 11.1. The highest BCUT2D eigenvalue weighted by atomic mass is 16.5. The van der Waals surface area contributed by atoms with Gasteiger partial charge >= 0.3 is 0 Å². The number of nitrogens with two attached hydrogens (primary N) is 1. The summed E-state index contributed by atoms with van der Waals surface area (Å²) in [5.74, 6) is 0.428. The first-order valence-electron chi connectivity index (χ1n) is 12.9. The molecule has 1 fully saturated rings. The van der Waals surface area contributed by atoms with Crippen LogP contribution < -0.4 is 10.5 Å². The van der Waals surface area contributed by atoms with E-state index in [2.05, 4.69) is 48.5 Å². The van der Waals surface area contributed by atoms with Crippen LogP contribution in [0.25, 0.3) is 5.57 Å². The molecule has 5 unspecified atom stereocenters. The molecule has 2 aromatic carbocycles. The third-order valence-corrected chi connectivity index (χ3v) is 7.48. The number of nitrogens with zero attached hydrogens (tertiary/aromatic N) is 2. The van der Waals surface area contributed by atoms with Gasteiger partial charge in [0.1, 0.15) is 5.75 Å². The largest absolute Gasteiger partial charge is 0.497 e. The van der Waals surface area contributed by atoms with Crippen molar-refractivity contribution in [2.75, 3.05) is 13.7 Å². The quantitative estimate of drug-likeness (QED) is 0.364. The zero-order valence-electron chi connectivity index (χ0n) is 21.4. The van der Waals surface area contributed by atoms with Gasteiger partial charge in [-0.15, -0.1) is 4.91 Å². The van der Waals surface area contributed by atoms with Gasteiger partial charge in [-0.1, -0.05) is 44.5 Å². The molecule has 2 aliphatic heterocycles. The smallest absolute Gasteiger partial charge is 0.194 e. The van der Waals surface area contributed by atoms with Crippen molar-refractivity contribution in [3.8, 4) is 5.75 Å². The van der Waals surface area contributed by atoms with Crippen molar-refractivity contribution in [3.05, 3.63) is 75.7 Å². The summed E-state index contributed by atoms with van der Waals surface area (Å²) in [4.78, 5) is 16.1. The fourth-order valence-electron chi connectivity index (χ4n) is 5.13. The van der Waals surface area contributed by atoms with E-state index >= 15 is 0 Å². The van der Waals surface area contributed by atoms with Gasteiger partial charge in [-0.2, -0.15) is 0 Å². The van der Waals surface area contributed by atoms with Gasteiger partial charge in [0.15, 0.2) is 6.23 Å². The number of hydrogen-bond acceptors (Lipinski definition) is 7. The number of ether oxygens (including phenoxy) is 2. The number of aryl methyl sites for hydroxylation is 1. The Kier molecular flexibility index (Phi) is 8.67. The molecule has 3 N–H and O–H groups in total. The third-order valence-electron chi connectivity index (χ3n) is 7.48. The second-order valence-corrected chi connectivity index (χ2v) is 9.77. The van der Waals surface area contributed by atoms with Crippen LogP contribution in [-0.4, -0.2) is 49.0 Å². The minimum absolute atomic E-state index is 0.372. The van der Waals surface area contributed by atoms with Crippen molar-refractivity contribution in [2.24, 2.45) is 21.8 Å². The number of benzene rings is 2. The number of rotatable bonds is 10. The van der Waals surface area contributed by atoms with Crippen LogP contribution in [0.15, 0.2) is 64.3 Å². The topological polar surface area (TPSA) is 106 Å². The Balaban J connectivity index is 1.48. The van der Waals surface area contributed by atoms with Crippen LogP contribution >= 0.6 is 0 Å². The number of aliphatic hydroxyl groups excluding tert-OH is 1. The highest BCUT2D eigenvalue weighted by molar-refractivity contribution is 6.33. The fraction of sp³-hybridized carbons (Fsp3) is 0.483. The summed E-state index contributed by atoms with van der Waals surface area (Å²) >= 11 is 0. The Morgan fingerprint density at radius 3 is 2.44 bits per heavy atom. The van der Waals surface area contributed by atoms with Crippen molar-refractivity contribution in [2.45, 2.75) is 70.4 Å². The van der Waals surface area contributed by atoms with E-state index in [0.717, 1.165) is 42.7 Å². The number of aliphatic hydroxyl groups is 1. The van der Waals surface area contributed by atoms with Gasteiger partial charge in [0.25, 0.3) is 0 Å². The summed E-state index contributed by atoms with van der Waals surface area (Å²) in [7, 11) is 1.67. The number of aliphatic imine (C=N–C) groups is 1. The highest BCUT2D eigenvalue weighted by Crippen LogP contribution is 2.34. The maximum absolute atomic E-state index is 11.1. The van der Waals surface area contributed by atoms with Crippen LogP contribution in [0.1, 0.15) is 56.2 Å². The first-order valence-corrected chi connectivity index (χ1v) is 12.9. The van der Waals surface area contributed by atoms with E-state index in [-0.39, 0.29) is 6.10 Å². The molecular formula is C29H37N3O4. The first kappa shape index (κ1) is 26.2. The lowest BCUT2D eigenvalue weighted by molar-refractivity contribution is -0.142. The molecule has 7 heteroatoms. The molecule has 4 rings (SSSR count). The van der Waals surface area contributed by atoms with Crippen LogP contribution in [-0.2, 0) is 11.2 Å². The van der Waals surface area contributed by atoms with Crippen LogP contribution in [0.4, 0.5) is 0 Å². The second-order valence-electron chi connectivity index (χ2n) is 9.77. The van der Waals surface area contributed by atoms with Gasteiger partial charge in [-0.3, -0.25) is 4.99 Å². The molecule has 0 spiro atoms. The van der Waals surface area contributed by atoms with Gasteiger partial charge in [0, 0.05) is 17.1 Å². The molecule has 5 atom stereocenters. The molecule has 2 aliphatic rings. The number of nitroso groups, excluding NO2 is 1. The van der Waals surface area contributed by atoms with Crippen LogP contribution in [0, 0.1) is 10.8 Å². The van der Waals surface area contributed by atoms with E-state index in [4.69, 9.17) is 20.2 Å². The summed E-state index contributed by atoms with van der Waals surface area (Å²) in [6.07, 6.45) is 2.39. The van der Waals surface area contributed by atoms with Crippen molar-refractivity contribution in [3.63, 3.8) is 0 Å². The molecule has 0 radical (unpaired) electrons. The third kappa shape index (κ3) is 5.59. The average Bonchev–Trinajstić information content (AvgIpc) is 3.34. The van der Waals surface area contributed by atoms with Gasteiger partial charge in [-0.25, -0.2) is 0 Å². The minimum atomic E-state index is -0.847. The molecule has 2 aromatic rings. The molecule has 0 aliphatic carbocycles. The number of allylic oxidation sites excluding steroid dienone is 1. The standard InChI is InChI=1S/C29H37N3O4/c1-4-19-9-11-20(12-10-19)25-22(17-31-27(25)21-13-15-23(35-3)16-14-21)7-5-6-8-24-26(30)28(33)18(2)29(32-34)36-24/h9-16,18,24,26,28-29,33H,4-8,17,30H2,1-3H3. The predicted molar refractivity (Wildman–Crippen MR) is 143 cm³/mol. The molecular weight excluding hydrogens is 454 g/mol. The number of unbranched alkanes of at least 4 members (excludes halogenated alkanes) is 1. The van der Waals surface area contributed by atoms with E-state index < -0.39 is 24.3 Å². The van der Waals surface area contributed by atoms with Crippen molar-refractivity contribution in [1.29, 1.82) is 0 Å². The number of methoxy groups -OCH3 is 1. The van der Waals surface area contributed by atoms with Gasteiger partial charge < -0.3 is 20.3 Å². The van der Waals surface area contributed by atoms with E-state index in [1.165, 1.54) is 22.3 Å². The normalized spacial score (nSPS) is 26.1. The van der Waals surface area contributed by atoms with Crippen molar-refractivity contribution in [1.82, 2.24) is 0 Å². The summed E-state index contributed by atoms with van der Waals surface area (Å²) in [5.41, 5.74) is 13.3. The van der Waals surface area contributed by atoms with Gasteiger partial charge in [0.2, 0.25) is 0 Å². The van der Waals surface area contributed by atoms with E-state index in [1.54, 1.807) is 14.0 Å². The molecule has 0 bridgehead atoms. The van der Waals surface area contributed by atoms with Crippen LogP contribution in [0.5, 0.6) is 5.75 Å². The highest BCUT2D eigenvalue weighted by Gasteiger charge is 2.41. The van der Waals surface area contributed by atoms with Crippen molar-refractivity contribution >= 4 is 11.3 Å². The summed E-state index contributed by atoms with van der Waals surface area (Å²) in [6.45, 7) is 4.59. The summed E-state index contributed by atoms with van der Waals surface area (Å²) in [6, 6.07) is 16.3. The molecule has 0 saturated carbocycles. The Morgan fingerprint density at radius 1 is 1.11 bits per heavy atom. The van der Waals surface area contributed by atoms with Crippen LogP contribution in [0.3, 0.4) is 0 Å². The molecule has 7 nitrogen and oxygen atoms in total. The predicted octanol–water partition coefficient (Wildman–Crippen LogP) is 4.89. The maximum Gasteiger partial charge on any atom is 0.194 e. The Labute approximate surface area is 213 Å². The second kappa shape index (κ2) is 11.9. The van der Waals surface area contributed by atoms with E-state index in [9.17, 15) is 10.0 Å². The van der Waals surface area contributed by atoms with E-state index in [0.29, 0.717) is 13.0 Å². The maximum atomic E-state index is 11.1. The SMILES string of the molecule is CCc1ccc(C2=C(CCCCC3OC(N=O)C(C)C(O)C3N)CN=C2c2ccc(OC)cc2)cc1. The minimum Gasteiger partial charge on any atom is -0.497 e. The fourth-order valence-corrected chi connectivity index (χ4v) is 5.13. The first-order chi connectivity index (χ1) is 17.5. The molecule has 1 saturated heterocycles. The lowest BCUT2D eigenvalue weighted by Gasteiger charge is -2.39. The summed E-state index contributed by atoms with van der Waals surface area (Å²) in [5, 5.41) is 13.4. The number of hydrogen-bond donors (Lipinski definition) is 2. The van der Waals surface area contributed by atoms with Crippen LogP contribution in [0.2, 0.25) is 0 Å². The average molecular weight is 492 g/mol. The van der Waals surface area contributed by atoms with Gasteiger partial charge in [-0.05, 0) is 71.8 Å². The lowest BCUT2D eigenvalue weighted by Crippen LogP contribution is -2.57. The molecule has 0 amide bonds. The molecule has 2 heterocycles. The Hall–Kier alpha value is -2.87. The molecule has 192 valence electrons. The lowest BCUT2D eigenvalue weighted by atomic mass is 9.87. The van der Waals surface area contributed by atoms with E-state index in [1.807, 2.05) is 12.1 Å². The Morgan fingerprint density at radius 2 is 1.81 bits per heavy atom. The monoisotopic (exact) mass is 491 g/mol. The van der Waals surface area contributed by atoms with Gasteiger partial charge in [0.05, 0.1) is 37.6 Å². The molecule has 36 heavy (non-hydrogen) atoms. The van der Waals surface area contributed by atoms with Crippen molar-refractivity contribution < 1.29 is 14.6 Å².